The van der Waals surface area contributed by atoms with Crippen LogP contribution in [0, 0.1) is 0 Å². The van der Waals surface area contributed by atoms with E-state index in [1.165, 1.54) is 6.92 Å². The quantitative estimate of drug-likeness (QED) is 0.669. The van der Waals surface area contributed by atoms with Crippen molar-refractivity contribution in [2.24, 2.45) is 0 Å². The number of ether oxygens (including phenoxy) is 3. The average molecular weight is 423 g/mol. The van der Waals surface area contributed by atoms with Gasteiger partial charge in [-0.25, -0.2) is 4.79 Å². The molecule has 0 bridgehead atoms. The van der Waals surface area contributed by atoms with Gasteiger partial charge in [0.2, 0.25) is 5.91 Å². The SMILES string of the molecule is COc1ccc(CNC(=O)[C@@H](C)OC(=O)[C@@H]2CS[C@@]3(C)CCC(=O)N23)cc1OC. The zero-order valence-electron chi connectivity index (χ0n) is 17.0. The molecule has 1 aromatic rings. The highest BCUT2D eigenvalue weighted by atomic mass is 32.2. The fraction of sp³-hybridized carbons (Fsp3) is 0.550. The summed E-state index contributed by atoms with van der Waals surface area (Å²) < 4.78 is 15.8. The Bertz CT molecular complexity index is 816. The lowest BCUT2D eigenvalue weighted by Crippen LogP contribution is -2.48. The Kier molecular flexibility index (Phi) is 6.26. The molecule has 1 aromatic carbocycles. The van der Waals surface area contributed by atoms with Gasteiger partial charge < -0.3 is 24.4 Å². The molecule has 2 aliphatic heterocycles. The van der Waals surface area contributed by atoms with Gasteiger partial charge in [0, 0.05) is 18.7 Å². The van der Waals surface area contributed by atoms with Crippen LogP contribution in [-0.2, 0) is 25.7 Å². The summed E-state index contributed by atoms with van der Waals surface area (Å²) >= 11 is 1.59. The number of carbonyl (C=O) groups excluding carboxylic acids is 3. The minimum atomic E-state index is -0.961. The highest BCUT2D eigenvalue weighted by Gasteiger charge is 2.53. The zero-order valence-corrected chi connectivity index (χ0v) is 17.8. The number of hydrogen-bond donors (Lipinski definition) is 1. The fourth-order valence-corrected chi connectivity index (χ4v) is 5.04. The third kappa shape index (κ3) is 4.29. The van der Waals surface area contributed by atoms with Crippen molar-refractivity contribution in [2.45, 2.75) is 50.3 Å². The molecule has 2 fully saturated rings. The second-order valence-corrected chi connectivity index (χ2v) is 8.75. The van der Waals surface area contributed by atoms with Crippen LogP contribution in [0.3, 0.4) is 0 Å². The topological polar surface area (TPSA) is 94.2 Å². The van der Waals surface area contributed by atoms with E-state index in [2.05, 4.69) is 5.32 Å². The molecule has 3 atom stereocenters. The molecule has 158 valence electrons. The standard InChI is InChI=1S/C20H26N2O6S/c1-12(18(24)21-10-13-5-6-15(26-3)16(9-13)27-4)28-19(25)14-11-29-20(2)8-7-17(23)22(14)20/h5-6,9,12,14H,7-8,10-11H2,1-4H3,(H,21,24)/t12-,14+,20+/m1/s1. The summed E-state index contributed by atoms with van der Waals surface area (Å²) in [7, 11) is 3.09. The Morgan fingerprint density at radius 1 is 1.31 bits per heavy atom. The molecular weight excluding hydrogens is 396 g/mol. The van der Waals surface area contributed by atoms with Crippen LogP contribution < -0.4 is 14.8 Å². The smallest absolute Gasteiger partial charge is 0.330 e. The van der Waals surface area contributed by atoms with Gasteiger partial charge in [-0.1, -0.05) is 6.07 Å². The Morgan fingerprint density at radius 2 is 2.03 bits per heavy atom. The fourth-order valence-electron chi connectivity index (χ4n) is 3.62. The second kappa shape index (κ2) is 8.52. The average Bonchev–Trinajstić information content (AvgIpc) is 3.21. The summed E-state index contributed by atoms with van der Waals surface area (Å²) in [5.41, 5.74) is 0.820. The number of nitrogens with zero attached hydrogens (tertiary/aromatic N) is 1. The van der Waals surface area contributed by atoms with Crippen molar-refractivity contribution in [3.05, 3.63) is 23.8 Å². The summed E-state index contributed by atoms with van der Waals surface area (Å²) in [4.78, 5) is 38.4. The molecule has 8 nitrogen and oxygen atoms in total. The number of esters is 1. The minimum absolute atomic E-state index is 0.0370. The first-order valence-corrected chi connectivity index (χ1v) is 10.4. The number of amides is 2. The third-order valence-electron chi connectivity index (χ3n) is 5.29. The molecule has 0 aliphatic carbocycles. The third-order valence-corrected chi connectivity index (χ3v) is 6.80. The molecule has 2 heterocycles. The van der Waals surface area contributed by atoms with E-state index >= 15 is 0 Å². The van der Waals surface area contributed by atoms with Crippen LogP contribution in [0.15, 0.2) is 18.2 Å². The normalized spacial score (nSPS) is 24.1. The zero-order chi connectivity index (χ0) is 21.2. The highest BCUT2D eigenvalue weighted by molar-refractivity contribution is 8.01. The molecule has 29 heavy (non-hydrogen) atoms. The number of fused-ring (bicyclic) bond motifs is 1. The lowest BCUT2D eigenvalue weighted by molar-refractivity contribution is -0.161. The summed E-state index contributed by atoms with van der Waals surface area (Å²) in [6.45, 7) is 3.74. The van der Waals surface area contributed by atoms with E-state index in [0.717, 1.165) is 12.0 Å². The number of benzene rings is 1. The Labute approximate surface area is 174 Å². The second-order valence-electron chi connectivity index (χ2n) is 7.25. The maximum absolute atomic E-state index is 12.6. The number of thioether (sulfide) groups is 1. The van der Waals surface area contributed by atoms with Gasteiger partial charge >= 0.3 is 5.97 Å². The van der Waals surface area contributed by atoms with E-state index in [1.54, 1.807) is 43.0 Å². The van der Waals surface area contributed by atoms with Crippen LogP contribution in [0.2, 0.25) is 0 Å². The maximum atomic E-state index is 12.6. The van der Waals surface area contributed by atoms with E-state index in [9.17, 15) is 14.4 Å². The molecule has 1 N–H and O–H groups in total. The van der Waals surface area contributed by atoms with Crippen LogP contribution in [0.25, 0.3) is 0 Å². The van der Waals surface area contributed by atoms with Crippen molar-refractivity contribution in [2.75, 3.05) is 20.0 Å². The lowest BCUT2D eigenvalue weighted by atomic mass is 10.2. The van der Waals surface area contributed by atoms with E-state index in [0.29, 0.717) is 23.7 Å². The first-order valence-electron chi connectivity index (χ1n) is 9.44. The van der Waals surface area contributed by atoms with E-state index in [-0.39, 0.29) is 17.3 Å². The largest absolute Gasteiger partial charge is 0.493 e. The van der Waals surface area contributed by atoms with Crippen LogP contribution in [0.5, 0.6) is 11.5 Å². The van der Waals surface area contributed by atoms with Crippen molar-refractivity contribution in [3.8, 4) is 11.5 Å². The maximum Gasteiger partial charge on any atom is 0.330 e. The summed E-state index contributed by atoms with van der Waals surface area (Å²) in [5.74, 6) is 0.671. The van der Waals surface area contributed by atoms with Crippen LogP contribution in [0.4, 0.5) is 0 Å². The van der Waals surface area contributed by atoms with Crippen LogP contribution in [0.1, 0.15) is 32.3 Å². The molecule has 2 aliphatic rings. The number of carbonyl (C=O) groups is 3. The van der Waals surface area contributed by atoms with Crippen molar-refractivity contribution in [1.29, 1.82) is 0 Å². The van der Waals surface area contributed by atoms with Crippen molar-refractivity contribution >= 4 is 29.5 Å². The summed E-state index contributed by atoms with van der Waals surface area (Å²) in [5, 5.41) is 2.75. The molecule has 2 amide bonds. The van der Waals surface area contributed by atoms with E-state index in [1.807, 2.05) is 13.0 Å². The van der Waals surface area contributed by atoms with Gasteiger partial charge in [-0.3, -0.25) is 9.59 Å². The lowest BCUT2D eigenvalue weighted by Gasteiger charge is -2.29. The first kappa shape index (κ1) is 21.3. The van der Waals surface area contributed by atoms with Crippen LogP contribution >= 0.6 is 11.8 Å². The predicted octanol–water partition coefficient (Wildman–Crippen LogP) is 1.71. The van der Waals surface area contributed by atoms with Crippen molar-refractivity contribution < 1.29 is 28.6 Å². The Balaban J connectivity index is 1.54. The molecule has 0 saturated carbocycles. The molecule has 0 unspecified atom stereocenters. The van der Waals surface area contributed by atoms with E-state index in [4.69, 9.17) is 14.2 Å². The van der Waals surface area contributed by atoms with E-state index < -0.39 is 24.0 Å². The van der Waals surface area contributed by atoms with Crippen molar-refractivity contribution in [1.82, 2.24) is 10.2 Å². The minimum Gasteiger partial charge on any atom is -0.493 e. The molecule has 2 saturated heterocycles. The van der Waals surface area contributed by atoms with Crippen molar-refractivity contribution in [3.63, 3.8) is 0 Å². The number of methoxy groups -OCH3 is 2. The van der Waals surface area contributed by atoms with Gasteiger partial charge in [0.25, 0.3) is 5.91 Å². The number of rotatable bonds is 7. The summed E-state index contributed by atoms with van der Waals surface area (Å²) in [6, 6.07) is 4.70. The van der Waals surface area contributed by atoms with Gasteiger partial charge in [-0.15, -0.1) is 11.8 Å². The molecule has 3 rings (SSSR count). The summed E-state index contributed by atoms with van der Waals surface area (Å²) in [6.07, 6.45) is 0.202. The Hall–Kier alpha value is -2.42. The number of nitrogens with one attached hydrogen (secondary N) is 1. The number of hydrogen-bond acceptors (Lipinski definition) is 7. The Morgan fingerprint density at radius 3 is 2.72 bits per heavy atom. The molecule has 9 heteroatoms. The molecule has 0 aromatic heterocycles. The van der Waals surface area contributed by atoms with Gasteiger partial charge in [-0.2, -0.15) is 0 Å². The molecule has 0 spiro atoms. The van der Waals surface area contributed by atoms with Gasteiger partial charge in [0.1, 0.15) is 6.04 Å². The van der Waals surface area contributed by atoms with Gasteiger partial charge in [0.15, 0.2) is 17.6 Å². The first-order chi connectivity index (χ1) is 13.8. The van der Waals surface area contributed by atoms with Crippen LogP contribution in [-0.4, -0.2) is 59.7 Å². The van der Waals surface area contributed by atoms with Gasteiger partial charge in [-0.05, 0) is 38.0 Å². The monoisotopic (exact) mass is 422 g/mol. The molecular formula is C20H26N2O6S. The molecule has 0 radical (unpaired) electrons. The predicted molar refractivity (Wildman–Crippen MR) is 108 cm³/mol. The van der Waals surface area contributed by atoms with Gasteiger partial charge in [0.05, 0.1) is 19.1 Å². The highest BCUT2D eigenvalue weighted by Crippen LogP contribution is 2.47.